The molecule has 8 heteroatoms. The van der Waals surface area contributed by atoms with Gasteiger partial charge in [-0.25, -0.2) is 0 Å². The number of hydrogen-bond donors (Lipinski definition) is 1. The molecule has 2 fully saturated rings. The Balaban J connectivity index is 0.00000420. The van der Waals surface area contributed by atoms with Crippen molar-refractivity contribution in [1.29, 1.82) is 0 Å². The summed E-state index contributed by atoms with van der Waals surface area (Å²) in [5, 5.41) is 3.54. The van der Waals surface area contributed by atoms with Crippen LogP contribution in [-0.2, 0) is 9.53 Å². The molecule has 0 aliphatic carbocycles. The lowest BCUT2D eigenvalue weighted by Gasteiger charge is -2.50. The van der Waals surface area contributed by atoms with Gasteiger partial charge in [-0.15, -0.1) is 24.0 Å². The van der Waals surface area contributed by atoms with E-state index in [4.69, 9.17) is 4.74 Å². The molecular formula is C21H42IN5O2. The normalized spacial score (nSPS) is 22.1. The first-order valence-corrected chi connectivity index (χ1v) is 10.6. The fraction of sp³-hybridized carbons (Fsp3) is 0.905. The van der Waals surface area contributed by atoms with Gasteiger partial charge in [-0.1, -0.05) is 0 Å². The van der Waals surface area contributed by atoms with Crippen molar-refractivity contribution in [3.05, 3.63) is 0 Å². The van der Waals surface area contributed by atoms with E-state index in [0.717, 1.165) is 45.0 Å². The van der Waals surface area contributed by atoms with Gasteiger partial charge in [0.2, 0.25) is 5.91 Å². The van der Waals surface area contributed by atoms with Crippen LogP contribution in [0.1, 0.15) is 54.4 Å². The summed E-state index contributed by atoms with van der Waals surface area (Å²) in [6.07, 6.45) is 2.54. The van der Waals surface area contributed by atoms with Crippen LogP contribution < -0.4 is 5.32 Å². The SMILES string of the molecule is CN=C(NCC(C)(C)N1CCC(OC)CC1)N1CC(=O)N(C(C)C)C(C)(C)C1.I. The third-order valence-electron chi connectivity index (χ3n) is 6.16. The highest BCUT2D eigenvalue weighted by Gasteiger charge is 2.41. The first kappa shape index (κ1) is 26.4. The number of ether oxygens (including phenoxy) is 1. The monoisotopic (exact) mass is 523 g/mol. The number of nitrogens with zero attached hydrogens (tertiary/aromatic N) is 4. The number of piperidine rings is 1. The molecule has 2 aliphatic rings. The maximum absolute atomic E-state index is 12.8. The summed E-state index contributed by atoms with van der Waals surface area (Å²) in [5.74, 6) is 0.972. The van der Waals surface area contributed by atoms with E-state index in [-0.39, 0.29) is 47.0 Å². The number of carbonyl (C=O) groups excluding carboxylic acids is 1. The van der Waals surface area contributed by atoms with E-state index in [0.29, 0.717) is 12.6 Å². The number of halogens is 1. The van der Waals surface area contributed by atoms with Crippen LogP contribution in [0.2, 0.25) is 0 Å². The lowest BCUT2D eigenvalue weighted by atomic mass is 9.96. The maximum atomic E-state index is 12.8. The molecule has 0 radical (unpaired) electrons. The minimum atomic E-state index is -0.224. The highest BCUT2D eigenvalue weighted by atomic mass is 127. The number of nitrogens with one attached hydrogen (secondary N) is 1. The fourth-order valence-corrected chi connectivity index (χ4v) is 4.75. The number of methoxy groups -OCH3 is 1. The van der Waals surface area contributed by atoms with Gasteiger partial charge in [-0.3, -0.25) is 14.7 Å². The van der Waals surface area contributed by atoms with Crippen molar-refractivity contribution in [2.75, 3.05) is 46.9 Å². The zero-order valence-corrected chi connectivity index (χ0v) is 21.9. The molecule has 2 rings (SSSR count). The Morgan fingerprint density at radius 1 is 1.31 bits per heavy atom. The molecule has 0 saturated carbocycles. The Labute approximate surface area is 194 Å². The quantitative estimate of drug-likeness (QED) is 0.341. The Hall–Kier alpha value is -0.610. The molecule has 1 amide bonds. The number of aliphatic imine (C=N–C) groups is 1. The Morgan fingerprint density at radius 2 is 1.90 bits per heavy atom. The second-order valence-corrected chi connectivity index (χ2v) is 9.66. The summed E-state index contributed by atoms with van der Waals surface area (Å²) in [6, 6.07) is 0.202. The van der Waals surface area contributed by atoms with Crippen LogP contribution in [0.5, 0.6) is 0 Å². The van der Waals surface area contributed by atoms with Crippen molar-refractivity contribution in [3.8, 4) is 0 Å². The van der Waals surface area contributed by atoms with Crippen molar-refractivity contribution < 1.29 is 9.53 Å². The number of rotatable bonds is 5. The molecule has 1 N–H and O–H groups in total. The first-order chi connectivity index (χ1) is 13.0. The molecule has 0 aromatic heterocycles. The predicted molar refractivity (Wildman–Crippen MR) is 130 cm³/mol. The highest BCUT2D eigenvalue weighted by Crippen LogP contribution is 2.25. The third-order valence-corrected chi connectivity index (χ3v) is 6.16. The van der Waals surface area contributed by atoms with Gasteiger partial charge in [0.15, 0.2) is 5.96 Å². The van der Waals surface area contributed by atoms with Crippen LogP contribution in [0.3, 0.4) is 0 Å². The number of guanidine groups is 1. The summed E-state index contributed by atoms with van der Waals surface area (Å²) in [5.41, 5.74) is -0.216. The lowest BCUT2D eigenvalue weighted by Crippen LogP contribution is -2.66. The molecule has 0 aromatic rings. The molecule has 0 atom stereocenters. The van der Waals surface area contributed by atoms with E-state index in [1.54, 1.807) is 14.2 Å². The van der Waals surface area contributed by atoms with Crippen molar-refractivity contribution >= 4 is 35.8 Å². The molecular weight excluding hydrogens is 481 g/mol. The maximum Gasteiger partial charge on any atom is 0.242 e. The van der Waals surface area contributed by atoms with E-state index in [9.17, 15) is 4.79 Å². The molecule has 0 unspecified atom stereocenters. The van der Waals surface area contributed by atoms with Gasteiger partial charge in [-0.2, -0.15) is 0 Å². The predicted octanol–water partition coefficient (Wildman–Crippen LogP) is 2.40. The summed E-state index contributed by atoms with van der Waals surface area (Å²) < 4.78 is 5.50. The zero-order valence-electron chi connectivity index (χ0n) is 19.6. The van der Waals surface area contributed by atoms with Gasteiger partial charge >= 0.3 is 0 Å². The van der Waals surface area contributed by atoms with Crippen molar-refractivity contribution in [3.63, 3.8) is 0 Å². The minimum absolute atomic E-state index is 0. The van der Waals surface area contributed by atoms with E-state index in [1.807, 2.05) is 4.90 Å². The van der Waals surface area contributed by atoms with E-state index in [1.165, 1.54) is 0 Å². The standard InChI is InChI=1S/C21H41N5O2.HI/c1-16(2)26-18(27)13-24(15-21(26,5)6)19(22-7)23-14-20(3,4)25-11-9-17(28-8)10-12-25;/h16-17H,9-15H2,1-8H3,(H,22,23);1H. The van der Waals surface area contributed by atoms with Gasteiger partial charge in [-0.05, 0) is 54.4 Å². The van der Waals surface area contributed by atoms with Gasteiger partial charge in [0.1, 0.15) is 0 Å². The van der Waals surface area contributed by atoms with Crippen LogP contribution in [0.25, 0.3) is 0 Å². The van der Waals surface area contributed by atoms with Crippen LogP contribution in [-0.4, -0.2) is 96.7 Å². The third kappa shape index (κ3) is 6.43. The highest BCUT2D eigenvalue weighted by molar-refractivity contribution is 14.0. The smallest absolute Gasteiger partial charge is 0.242 e. The Morgan fingerprint density at radius 3 is 2.34 bits per heavy atom. The topological polar surface area (TPSA) is 60.4 Å². The fourth-order valence-electron chi connectivity index (χ4n) is 4.75. The molecule has 29 heavy (non-hydrogen) atoms. The van der Waals surface area contributed by atoms with Gasteiger partial charge < -0.3 is 19.9 Å². The molecule has 2 heterocycles. The molecule has 0 spiro atoms. The van der Waals surface area contributed by atoms with E-state index in [2.05, 4.69) is 61.7 Å². The van der Waals surface area contributed by atoms with Crippen molar-refractivity contribution in [2.24, 2.45) is 4.99 Å². The molecule has 2 saturated heterocycles. The van der Waals surface area contributed by atoms with Crippen molar-refractivity contribution in [2.45, 2.75) is 77.6 Å². The number of hydrogen-bond acceptors (Lipinski definition) is 4. The molecule has 170 valence electrons. The zero-order chi connectivity index (χ0) is 21.1. The minimum Gasteiger partial charge on any atom is -0.381 e. The molecule has 0 aromatic carbocycles. The largest absolute Gasteiger partial charge is 0.381 e. The Kier molecular flexibility index (Phi) is 9.67. The van der Waals surface area contributed by atoms with Gasteiger partial charge in [0, 0.05) is 51.9 Å². The van der Waals surface area contributed by atoms with E-state index >= 15 is 0 Å². The lowest BCUT2D eigenvalue weighted by molar-refractivity contribution is -0.145. The first-order valence-electron chi connectivity index (χ1n) is 10.6. The number of piperazine rings is 1. The summed E-state index contributed by atoms with van der Waals surface area (Å²) in [4.78, 5) is 23.9. The van der Waals surface area contributed by atoms with Crippen LogP contribution in [0.4, 0.5) is 0 Å². The molecule has 2 aliphatic heterocycles. The number of amides is 1. The summed E-state index contributed by atoms with van der Waals surface area (Å²) >= 11 is 0. The van der Waals surface area contributed by atoms with Gasteiger partial charge in [0.05, 0.1) is 18.2 Å². The second kappa shape index (κ2) is 10.6. The molecule has 0 bridgehead atoms. The molecule has 7 nitrogen and oxygen atoms in total. The second-order valence-electron chi connectivity index (χ2n) is 9.66. The van der Waals surface area contributed by atoms with E-state index < -0.39 is 0 Å². The average molecular weight is 524 g/mol. The van der Waals surface area contributed by atoms with Gasteiger partial charge in [0.25, 0.3) is 0 Å². The van der Waals surface area contributed by atoms with Crippen LogP contribution in [0.15, 0.2) is 4.99 Å². The van der Waals surface area contributed by atoms with Crippen LogP contribution >= 0.6 is 24.0 Å². The Bertz CT molecular complexity index is 571. The number of likely N-dealkylation sites (tertiary alicyclic amines) is 1. The van der Waals surface area contributed by atoms with Crippen LogP contribution in [0, 0.1) is 0 Å². The average Bonchev–Trinajstić information content (AvgIpc) is 2.60. The summed E-state index contributed by atoms with van der Waals surface area (Å²) in [7, 11) is 3.60. The van der Waals surface area contributed by atoms with Crippen molar-refractivity contribution in [1.82, 2.24) is 20.0 Å². The number of carbonyl (C=O) groups is 1. The summed E-state index contributed by atoms with van der Waals surface area (Å²) in [6.45, 7) is 17.0.